The molecule has 136 valence electrons. The van der Waals surface area contributed by atoms with Gasteiger partial charge in [-0.25, -0.2) is 18.2 Å². The van der Waals surface area contributed by atoms with Crippen molar-refractivity contribution in [3.05, 3.63) is 53.5 Å². The van der Waals surface area contributed by atoms with Crippen molar-refractivity contribution in [2.24, 2.45) is 0 Å². The topological polar surface area (TPSA) is 88.2 Å². The third-order valence-corrected chi connectivity index (χ3v) is 6.24. The molecular formula is C18H19N3O3S2. The van der Waals surface area contributed by atoms with E-state index in [4.69, 9.17) is 0 Å². The summed E-state index contributed by atoms with van der Waals surface area (Å²) in [6.45, 7) is 2.46. The zero-order valence-corrected chi connectivity index (χ0v) is 16.0. The van der Waals surface area contributed by atoms with Crippen molar-refractivity contribution in [2.75, 3.05) is 18.1 Å². The molecule has 1 heterocycles. The summed E-state index contributed by atoms with van der Waals surface area (Å²) >= 11 is 1.63. The van der Waals surface area contributed by atoms with Gasteiger partial charge in [-0.05, 0) is 36.4 Å². The molecule has 2 N–H and O–H groups in total. The van der Waals surface area contributed by atoms with Crippen LogP contribution >= 0.6 is 11.3 Å². The van der Waals surface area contributed by atoms with E-state index in [1.807, 2.05) is 31.2 Å². The number of para-hydroxylation sites is 1. The summed E-state index contributed by atoms with van der Waals surface area (Å²) in [5.41, 5.74) is 1.50. The molecular weight excluding hydrogens is 370 g/mol. The summed E-state index contributed by atoms with van der Waals surface area (Å²) in [5, 5.41) is 6.49. The smallest absolute Gasteiger partial charge is 0.319 e. The van der Waals surface area contributed by atoms with Crippen LogP contribution in [0.4, 0.5) is 10.5 Å². The van der Waals surface area contributed by atoms with Gasteiger partial charge in [0.1, 0.15) is 0 Å². The average molecular weight is 390 g/mol. The summed E-state index contributed by atoms with van der Waals surface area (Å²) in [5.74, 6) is 0.0887. The van der Waals surface area contributed by atoms with Crippen LogP contribution < -0.4 is 10.6 Å². The van der Waals surface area contributed by atoms with Crippen molar-refractivity contribution in [1.82, 2.24) is 10.3 Å². The molecule has 0 aliphatic carbocycles. The number of fused-ring (bicyclic) bond motifs is 1. The van der Waals surface area contributed by atoms with E-state index in [2.05, 4.69) is 15.6 Å². The van der Waals surface area contributed by atoms with Crippen LogP contribution in [0, 0.1) is 0 Å². The van der Waals surface area contributed by atoms with E-state index in [1.165, 1.54) is 12.1 Å². The molecule has 0 bridgehead atoms. The number of benzene rings is 2. The van der Waals surface area contributed by atoms with Crippen LogP contribution in [-0.4, -0.2) is 32.2 Å². The number of urea groups is 1. The molecule has 3 rings (SSSR count). The lowest BCUT2D eigenvalue weighted by atomic mass is 10.2. The number of sulfone groups is 1. The highest BCUT2D eigenvalue weighted by molar-refractivity contribution is 7.90. The molecule has 0 aliphatic heterocycles. The number of thiazole rings is 1. The second-order valence-corrected chi connectivity index (χ2v) is 9.13. The highest BCUT2D eigenvalue weighted by Gasteiger charge is 2.13. The van der Waals surface area contributed by atoms with E-state index in [0.29, 0.717) is 12.2 Å². The first-order valence-electron chi connectivity index (χ1n) is 8.03. The molecule has 1 unspecified atom stereocenters. The summed E-state index contributed by atoms with van der Waals surface area (Å²) in [6.07, 6.45) is 1.14. The Hall–Kier alpha value is -2.45. The van der Waals surface area contributed by atoms with E-state index in [-0.39, 0.29) is 16.8 Å². The van der Waals surface area contributed by atoms with Gasteiger partial charge in [0.05, 0.1) is 20.1 Å². The number of anilines is 1. The third kappa shape index (κ3) is 4.39. The number of carbonyl (C=O) groups excluding carboxylic acids is 1. The first kappa shape index (κ1) is 18.3. The minimum absolute atomic E-state index is 0.0887. The van der Waals surface area contributed by atoms with E-state index in [0.717, 1.165) is 21.5 Å². The normalized spacial score (nSPS) is 12.7. The Kier molecular flexibility index (Phi) is 5.24. The summed E-state index contributed by atoms with van der Waals surface area (Å²) < 4.78 is 24.0. The molecule has 0 radical (unpaired) electrons. The fourth-order valence-corrected chi connectivity index (χ4v) is 4.04. The number of amides is 2. The van der Waals surface area contributed by atoms with Gasteiger partial charge in [-0.15, -0.1) is 11.3 Å². The van der Waals surface area contributed by atoms with Crippen molar-refractivity contribution in [2.45, 2.75) is 17.7 Å². The maximum Gasteiger partial charge on any atom is 0.319 e. The van der Waals surface area contributed by atoms with E-state index in [1.54, 1.807) is 23.5 Å². The Morgan fingerprint density at radius 2 is 1.85 bits per heavy atom. The van der Waals surface area contributed by atoms with Crippen LogP contribution in [-0.2, 0) is 9.84 Å². The molecule has 2 aromatic carbocycles. The predicted molar refractivity (Wildman–Crippen MR) is 105 cm³/mol. The largest absolute Gasteiger partial charge is 0.337 e. The molecule has 0 spiro atoms. The second kappa shape index (κ2) is 7.43. The molecule has 3 aromatic rings. The lowest BCUT2D eigenvalue weighted by Gasteiger charge is -2.11. The molecule has 0 saturated carbocycles. The van der Waals surface area contributed by atoms with E-state index in [9.17, 15) is 13.2 Å². The molecule has 6 nitrogen and oxygen atoms in total. The lowest BCUT2D eigenvalue weighted by Crippen LogP contribution is -2.31. The standard InChI is InChI=1S/C18H19N3O3S2/c1-12(17-21-15-5-3-4-6-16(15)25-17)11-19-18(22)20-13-7-9-14(10-8-13)26(2,23)24/h3-10,12H,11H2,1-2H3,(H2,19,20,22). The Morgan fingerprint density at radius 1 is 1.15 bits per heavy atom. The molecule has 0 aliphatic rings. The van der Waals surface area contributed by atoms with Crippen LogP contribution in [0.25, 0.3) is 10.2 Å². The zero-order chi connectivity index (χ0) is 18.7. The first-order chi connectivity index (χ1) is 12.3. The molecule has 8 heteroatoms. The number of nitrogens with one attached hydrogen (secondary N) is 2. The molecule has 0 fully saturated rings. The quantitative estimate of drug-likeness (QED) is 0.697. The van der Waals surface area contributed by atoms with Crippen LogP contribution in [0.2, 0.25) is 0 Å². The van der Waals surface area contributed by atoms with Crippen molar-refractivity contribution in [3.8, 4) is 0 Å². The SMILES string of the molecule is CC(CNC(=O)Nc1ccc(S(C)(=O)=O)cc1)c1nc2ccccc2s1. The first-order valence-corrected chi connectivity index (χ1v) is 10.7. The Bertz CT molecular complexity index is 994. The highest BCUT2D eigenvalue weighted by Crippen LogP contribution is 2.26. The molecule has 2 amide bonds. The lowest BCUT2D eigenvalue weighted by molar-refractivity contribution is 0.251. The van der Waals surface area contributed by atoms with Gasteiger partial charge in [0.25, 0.3) is 0 Å². The van der Waals surface area contributed by atoms with E-state index >= 15 is 0 Å². The summed E-state index contributed by atoms with van der Waals surface area (Å²) in [7, 11) is -3.25. The monoisotopic (exact) mass is 389 g/mol. The molecule has 26 heavy (non-hydrogen) atoms. The van der Waals surface area contributed by atoms with Crippen molar-refractivity contribution < 1.29 is 13.2 Å². The van der Waals surface area contributed by atoms with Crippen LogP contribution in [0.1, 0.15) is 17.8 Å². The number of hydrogen-bond donors (Lipinski definition) is 2. The van der Waals surface area contributed by atoms with Crippen LogP contribution in [0.15, 0.2) is 53.4 Å². The van der Waals surface area contributed by atoms with Gasteiger partial charge in [0.2, 0.25) is 0 Å². The van der Waals surface area contributed by atoms with Gasteiger partial charge in [-0.3, -0.25) is 0 Å². The van der Waals surface area contributed by atoms with E-state index < -0.39 is 9.84 Å². The van der Waals surface area contributed by atoms with Gasteiger partial charge in [-0.2, -0.15) is 0 Å². The maximum atomic E-state index is 12.0. The zero-order valence-electron chi connectivity index (χ0n) is 14.4. The number of hydrogen-bond acceptors (Lipinski definition) is 5. The number of aromatic nitrogens is 1. The third-order valence-electron chi connectivity index (χ3n) is 3.84. The van der Waals surface area contributed by atoms with Crippen LogP contribution in [0.5, 0.6) is 0 Å². The molecule has 0 saturated heterocycles. The Labute approximate surface area is 156 Å². The van der Waals surface area contributed by atoms with Gasteiger partial charge >= 0.3 is 6.03 Å². The Balaban J connectivity index is 1.56. The van der Waals surface area contributed by atoms with Gasteiger partial charge in [-0.1, -0.05) is 19.1 Å². The fourth-order valence-electron chi connectivity index (χ4n) is 2.39. The number of carbonyl (C=O) groups is 1. The molecule has 1 aromatic heterocycles. The number of nitrogens with zero attached hydrogens (tertiary/aromatic N) is 1. The average Bonchev–Trinajstić information content (AvgIpc) is 3.03. The minimum Gasteiger partial charge on any atom is -0.337 e. The summed E-state index contributed by atoms with van der Waals surface area (Å²) in [4.78, 5) is 16.9. The van der Waals surface area contributed by atoms with Gasteiger partial charge in [0.15, 0.2) is 9.84 Å². The second-order valence-electron chi connectivity index (χ2n) is 6.05. The summed E-state index contributed by atoms with van der Waals surface area (Å²) in [6, 6.07) is 13.7. The number of rotatable bonds is 5. The van der Waals surface area contributed by atoms with Crippen LogP contribution in [0.3, 0.4) is 0 Å². The fraction of sp³-hybridized carbons (Fsp3) is 0.222. The molecule has 1 atom stereocenters. The minimum atomic E-state index is -3.25. The van der Waals surface area contributed by atoms with Crippen molar-refractivity contribution >= 4 is 43.1 Å². The van der Waals surface area contributed by atoms with Gasteiger partial charge < -0.3 is 10.6 Å². The maximum absolute atomic E-state index is 12.0. The Morgan fingerprint density at radius 3 is 2.50 bits per heavy atom. The van der Waals surface area contributed by atoms with Crippen molar-refractivity contribution in [3.63, 3.8) is 0 Å². The highest BCUT2D eigenvalue weighted by atomic mass is 32.2. The predicted octanol–water partition coefficient (Wildman–Crippen LogP) is 3.63. The van der Waals surface area contributed by atoms with Gasteiger partial charge in [0, 0.05) is 24.4 Å². The van der Waals surface area contributed by atoms with Crippen molar-refractivity contribution in [1.29, 1.82) is 0 Å².